The summed E-state index contributed by atoms with van der Waals surface area (Å²) in [5.74, 6) is -3.08. The van der Waals surface area contributed by atoms with E-state index in [0.29, 0.717) is 11.1 Å². The average molecular weight is 635 g/mol. The highest BCUT2D eigenvalue weighted by molar-refractivity contribution is 5.95. The zero-order valence-corrected chi connectivity index (χ0v) is 23.6. The number of amides is 2. The Morgan fingerprint density at radius 2 is 1.82 bits per heavy atom. The number of benzene rings is 2. The van der Waals surface area contributed by atoms with Crippen molar-refractivity contribution in [3.63, 3.8) is 0 Å². The summed E-state index contributed by atoms with van der Waals surface area (Å²) in [5, 5.41) is 12.3. The van der Waals surface area contributed by atoms with E-state index < -0.39 is 54.1 Å². The first-order valence-electron chi connectivity index (χ1n) is 13.4. The number of anilines is 1. The zero-order chi connectivity index (χ0) is 32.6. The molecule has 2 aromatic carbocycles. The van der Waals surface area contributed by atoms with Gasteiger partial charge in [-0.3, -0.25) is 19.1 Å². The fraction of sp³-hybridized carbons (Fsp3) is 0.276. The topological polar surface area (TPSA) is 129 Å². The van der Waals surface area contributed by atoms with Gasteiger partial charge in [-0.2, -0.15) is 4.39 Å². The zero-order valence-electron chi connectivity index (χ0n) is 23.6. The van der Waals surface area contributed by atoms with E-state index in [1.165, 1.54) is 30.1 Å². The van der Waals surface area contributed by atoms with Gasteiger partial charge in [0.05, 0.1) is 18.4 Å². The number of aromatic nitrogens is 4. The number of hydrogen-bond acceptors (Lipinski definition) is 7. The van der Waals surface area contributed by atoms with Crippen LogP contribution in [0.1, 0.15) is 34.1 Å². The quantitative estimate of drug-likeness (QED) is 0.211. The lowest BCUT2D eigenvalue weighted by molar-refractivity contribution is -0.274. The summed E-state index contributed by atoms with van der Waals surface area (Å²) in [6.07, 6.45) is -5.29. The first-order chi connectivity index (χ1) is 21.4. The van der Waals surface area contributed by atoms with Crippen molar-refractivity contribution in [1.29, 1.82) is 0 Å². The SMILES string of the molecule is CO[C@H](C(=O)Nc1ccn(CC(F)CCn2cc(C(=O)NCc3cccc(OC(F)(F)F)c3)nn2)c(=O)c1F)c1ccccc1. The molecule has 238 valence electrons. The van der Waals surface area contributed by atoms with Crippen LogP contribution < -0.4 is 20.9 Å². The second kappa shape index (κ2) is 14.6. The third kappa shape index (κ3) is 9.18. The van der Waals surface area contributed by atoms with Gasteiger partial charge in [-0.1, -0.05) is 47.7 Å². The van der Waals surface area contributed by atoms with Crippen molar-refractivity contribution in [2.45, 2.75) is 44.7 Å². The minimum atomic E-state index is -4.85. The summed E-state index contributed by atoms with van der Waals surface area (Å²) in [6, 6.07) is 14.7. The van der Waals surface area contributed by atoms with Crippen molar-refractivity contribution in [3.05, 3.63) is 106 Å². The predicted molar refractivity (Wildman–Crippen MR) is 149 cm³/mol. The van der Waals surface area contributed by atoms with Gasteiger partial charge in [-0.05, 0) is 35.7 Å². The normalized spacial score (nSPS) is 12.8. The Bertz CT molecular complexity index is 1680. The van der Waals surface area contributed by atoms with E-state index in [-0.39, 0.29) is 30.9 Å². The van der Waals surface area contributed by atoms with Crippen LogP contribution in [-0.2, 0) is 29.2 Å². The second-order valence-corrected chi connectivity index (χ2v) is 9.65. The number of hydrogen-bond donors (Lipinski definition) is 2. The summed E-state index contributed by atoms with van der Waals surface area (Å²) >= 11 is 0. The molecule has 2 N–H and O–H groups in total. The lowest BCUT2D eigenvalue weighted by atomic mass is 10.1. The highest BCUT2D eigenvalue weighted by Crippen LogP contribution is 2.23. The Balaban J connectivity index is 1.28. The maximum atomic E-state index is 14.8. The number of rotatable bonds is 13. The molecular formula is C29H27F5N6O5. The Morgan fingerprint density at radius 3 is 2.53 bits per heavy atom. The molecule has 0 bridgehead atoms. The minimum absolute atomic E-state index is 0.0401. The molecule has 0 saturated carbocycles. The Labute approximate surface area is 252 Å². The van der Waals surface area contributed by atoms with Crippen LogP contribution in [0.2, 0.25) is 0 Å². The van der Waals surface area contributed by atoms with Crippen LogP contribution in [0.4, 0.5) is 27.6 Å². The van der Waals surface area contributed by atoms with Crippen LogP contribution in [-0.4, -0.2) is 51.0 Å². The monoisotopic (exact) mass is 634 g/mol. The standard InChI is InChI=1S/C29H27F5N6O5/c1-44-25(19-7-3-2-4-8-19)27(42)36-22-11-12-39(28(43)24(22)31)16-20(30)10-13-40-17-23(37-38-40)26(41)35-15-18-6-5-9-21(14-18)45-29(32,33)34/h2-9,11-12,14,17,20,25H,10,13,15-16H2,1H3,(H,35,41)(H,36,42)/t20?,25-/m0/s1. The summed E-state index contributed by atoms with van der Waals surface area (Å²) in [4.78, 5) is 37.6. The predicted octanol–water partition coefficient (Wildman–Crippen LogP) is 4.16. The molecule has 0 radical (unpaired) electrons. The molecule has 16 heteroatoms. The van der Waals surface area contributed by atoms with Gasteiger partial charge in [-0.25, -0.2) is 4.39 Å². The molecule has 11 nitrogen and oxygen atoms in total. The fourth-order valence-electron chi connectivity index (χ4n) is 4.22. The smallest absolute Gasteiger partial charge is 0.406 e. The molecule has 4 rings (SSSR count). The summed E-state index contributed by atoms with van der Waals surface area (Å²) < 4.78 is 77.9. The van der Waals surface area contributed by atoms with Gasteiger partial charge in [0.15, 0.2) is 11.8 Å². The van der Waals surface area contributed by atoms with Crippen molar-refractivity contribution in [3.8, 4) is 5.75 Å². The average Bonchev–Trinajstić information content (AvgIpc) is 3.48. The van der Waals surface area contributed by atoms with Crippen LogP contribution in [0, 0.1) is 5.82 Å². The van der Waals surface area contributed by atoms with Gasteiger partial charge in [0, 0.05) is 26.4 Å². The molecular weight excluding hydrogens is 607 g/mol. The van der Waals surface area contributed by atoms with E-state index in [1.54, 1.807) is 30.3 Å². The molecule has 2 atom stereocenters. The van der Waals surface area contributed by atoms with E-state index in [0.717, 1.165) is 29.0 Å². The minimum Gasteiger partial charge on any atom is -0.406 e. The van der Waals surface area contributed by atoms with E-state index in [4.69, 9.17) is 4.74 Å². The van der Waals surface area contributed by atoms with Crippen LogP contribution in [0.15, 0.2) is 77.9 Å². The van der Waals surface area contributed by atoms with E-state index in [2.05, 4.69) is 25.7 Å². The first-order valence-corrected chi connectivity index (χ1v) is 13.4. The number of nitrogens with zero attached hydrogens (tertiary/aromatic N) is 4. The number of ether oxygens (including phenoxy) is 2. The Kier molecular flexibility index (Phi) is 10.6. The number of pyridine rings is 1. The molecule has 2 amide bonds. The molecule has 45 heavy (non-hydrogen) atoms. The van der Waals surface area contributed by atoms with E-state index in [9.17, 15) is 36.3 Å². The van der Waals surface area contributed by atoms with Crippen LogP contribution in [0.25, 0.3) is 0 Å². The van der Waals surface area contributed by atoms with Gasteiger partial charge in [0.25, 0.3) is 17.4 Å². The van der Waals surface area contributed by atoms with Crippen molar-refractivity contribution in [2.75, 3.05) is 12.4 Å². The first kappa shape index (κ1) is 32.8. The van der Waals surface area contributed by atoms with Gasteiger partial charge >= 0.3 is 6.36 Å². The molecule has 4 aromatic rings. The molecule has 0 aliphatic rings. The van der Waals surface area contributed by atoms with Crippen LogP contribution >= 0.6 is 0 Å². The molecule has 2 heterocycles. The highest BCUT2D eigenvalue weighted by Gasteiger charge is 2.31. The van der Waals surface area contributed by atoms with Gasteiger partial charge in [0.1, 0.15) is 11.9 Å². The Hall–Kier alpha value is -5.12. The number of carbonyl (C=O) groups is 2. The molecule has 2 aromatic heterocycles. The summed E-state index contributed by atoms with van der Waals surface area (Å²) in [5.41, 5.74) is -0.779. The largest absolute Gasteiger partial charge is 0.573 e. The molecule has 1 unspecified atom stereocenters. The number of alkyl halides is 4. The fourth-order valence-corrected chi connectivity index (χ4v) is 4.22. The van der Waals surface area contributed by atoms with Gasteiger partial charge in [0.2, 0.25) is 5.82 Å². The van der Waals surface area contributed by atoms with Gasteiger partial charge < -0.3 is 24.7 Å². The maximum Gasteiger partial charge on any atom is 0.573 e. The number of aryl methyl sites for hydroxylation is 1. The summed E-state index contributed by atoms with van der Waals surface area (Å²) in [7, 11) is 1.31. The lowest BCUT2D eigenvalue weighted by Crippen LogP contribution is -2.30. The van der Waals surface area contributed by atoms with E-state index in [1.807, 2.05) is 0 Å². The molecule has 0 aliphatic heterocycles. The van der Waals surface area contributed by atoms with Crippen molar-refractivity contribution in [2.24, 2.45) is 0 Å². The summed E-state index contributed by atoms with van der Waals surface area (Å²) in [6.45, 7) is -0.656. The third-order valence-electron chi connectivity index (χ3n) is 6.36. The van der Waals surface area contributed by atoms with Crippen molar-refractivity contribution in [1.82, 2.24) is 24.9 Å². The van der Waals surface area contributed by atoms with E-state index >= 15 is 0 Å². The number of carbonyl (C=O) groups excluding carboxylic acids is 2. The number of methoxy groups -OCH3 is 1. The van der Waals surface area contributed by atoms with Crippen molar-refractivity contribution < 1.29 is 41.0 Å². The highest BCUT2D eigenvalue weighted by atomic mass is 19.4. The number of halogens is 5. The maximum absolute atomic E-state index is 14.8. The lowest BCUT2D eigenvalue weighted by Gasteiger charge is -2.16. The van der Waals surface area contributed by atoms with Gasteiger partial charge in [-0.15, -0.1) is 18.3 Å². The molecule has 0 saturated heterocycles. The third-order valence-corrected chi connectivity index (χ3v) is 6.36. The molecule has 0 spiro atoms. The molecule has 0 aliphatic carbocycles. The van der Waals surface area contributed by atoms with Crippen molar-refractivity contribution >= 4 is 17.5 Å². The number of nitrogens with one attached hydrogen (secondary N) is 2. The van der Waals surface area contributed by atoms with Crippen LogP contribution in [0.5, 0.6) is 5.75 Å². The molecule has 0 fully saturated rings. The Morgan fingerprint density at radius 1 is 1.07 bits per heavy atom. The van der Waals surface area contributed by atoms with Crippen LogP contribution in [0.3, 0.4) is 0 Å². The second-order valence-electron chi connectivity index (χ2n) is 9.65.